The summed E-state index contributed by atoms with van der Waals surface area (Å²) in [5.74, 6) is 0. The third-order valence-corrected chi connectivity index (χ3v) is 11.6. The summed E-state index contributed by atoms with van der Waals surface area (Å²) in [5.41, 5.74) is 16.6. The second-order valence-corrected chi connectivity index (χ2v) is 15.1. The van der Waals surface area contributed by atoms with Gasteiger partial charge in [-0.05, 0) is 125 Å². The van der Waals surface area contributed by atoms with Crippen molar-refractivity contribution in [2.45, 2.75) is 33.1 Å². The Kier molecular flexibility index (Phi) is 6.86. The highest BCUT2D eigenvalue weighted by atomic mass is 32.1. The van der Waals surface area contributed by atoms with Crippen molar-refractivity contribution in [3.8, 4) is 33.4 Å². The minimum Gasteiger partial charge on any atom is -0.310 e. The van der Waals surface area contributed by atoms with Crippen LogP contribution in [0.1, 0.15) is 36.1 Å². The predicted octanol–water partition coefficient (Wildman–Crippen LogP) is 13.8. The summed E-state index contributed by atoms with van der Waals surface area (Å²) in [6.45, 7) is 9.20. The van der Waals surface area contributed by atoms with E-state index in [1.54, 1.807) is 0 Å². The molecule has 0 saturated carbocycles. The monoisotopic (exact) mass is 647 g/mol. The van der Waals surface area contributed by atoms with Gasteiger partial charge in [-0.25, -0.2) is 0 Å². The molecule has 1 heterocycles. The highest BCUT2D eigenvalue weighted by Gasteiger charge is 2.36. The van der Waals surface area contributed by atoms with Crippen molar-refractivity contribution in [1.29, 1.82) is 0 Å². The largest absolute Gasteiger partial charge is 0.310 e. The van der Waals surface area contributed by atoms with E-state index in [4.69, 9.17) is 0 Å². The lowest BCUT2D eigenvalue weighted by molar-refractivity contribution is 0.659. The Morgan fingerprint density at radius 1 is 0.469 bits per heavy atom. The van der Waals surface area contributed by atoms with Crippen LogP contribution in [0.15, 0.2) is 152 Å². The fourth-order valence-electron chi connectivity index (χ4n) is 8.00. The van der Waals surface area contributed by atoms with Crippen molar-refractivity contribution >= 4 is 48.6 Å². The van der Waals surface area contributed by atoms with Gasteiger partial charge in [-0.2, -0.15) is 0 Å². The van der Waals surface area contributed by atoms with Crippen LogP contribution in [-0.2, 0) is 5.41 Å². The van der Waals surface area contributed by atoms with E-state index < -0.39 is 0 Å². The Bertz CT molecular complexity index is 2540. The van der Waals surface area contributed by atoms with Crippen LogP contribution in [0, 0.1) is 13.8 Å². The van der Waals surface area contributed by atoms with Gasteiger partial charge in [0, 0.05) is 42.6 Å². The first-order valence-electron chi connectivity index (χ1n) is 17.1. The average molecular weight is 648 g/mol. The molecule has 1 aliphatic carbocycles. The first-order valence-corrected chi connectivity index (χ1v) is 17.9. The van der Waals surface area contributed by atoms with Gasteiger partial charge in [-0.3, -0.25) is 0 Å². The van der Waals surface area contributed by atoms with Crippen LogP contribution in [-0.4, -0.2) is 0 Å². The van der Waals surface area contributed by atoms with E-state index in [2.05, 4.69) is 184 Å². The number of nitrogens with zero attached hydrogens (tertiary/aromatic N) is 1. The van der Waals surface area contributed by atoms with Gasteiger partial charge in [0.05, 0.1) is 0 Å². The second-order valence-electron chi connectivity index (χ2n) is 14.0. The number of hydrogen-bond donors (Lipinski definition) is 0. The molecule has 9 rings (SSSR count). The Labute approximate surface area is 292 Å². The number of thiophene rings is 1. The molecule has 0 bridgehead atoms. The van der Waals surface area contributed by atoms with Crippen molar-refractivity contribution in [1.82, 2.24) is 0 Å². The SMILES string of the molecule is Cc1cc(C)c2c(c1)C(C)(C)c1ccc(-c3cccc(N(c4ccccc4)c4ccc(-c5ccc6sc7ccccc7c6c5)cc4)c3)cc1-2. The maximum Gasteiger partial charge on any atom is 0.0467 e. The molecule has 0 N–H and O–H groups in total. The molecular weight excluding hydrogens is 611 g/mol. The van der Waals surface area contributed by atoms with Crippen LogP contribution < -0.4 is 4.90 Å². The fourth-order valence-corrected chi connectivity index (χ4v) is 9.08. The standard InChI is InChI=1S/C47H37NS/c1-30-25-31(2)46-41-29-35(19-23-42(41)47(3,4)43(46)26-30)33-11-10-14-38(27-33)48(36-12-6-5-7-13-36)37-21-17-32(18-22-37)34-20-24-45-40(28-34)39-15-8-9-16-44(39)49-45/h5-29H,1-4H3. The molecule has 1 nitrogen and oxygen atoms in total. The molecule has 8 aromatic rings. The third kappa shape index (κ3) is 4.90. The van der Waals surface area contributed by atoms with E-state index in [1.165, 1.54) is 75.8 Å². The maximum absolute atomic E-state index is 2.42. The van der Waals surface area contributed by atoms with Crippen molar-refractivity contribution in [2.75, 3.05) is 4.90 Å². The van der Waals surface area contributed by atoms with Crippen molar-refractivity contribution in [3.05, 3.63) is 174 Å². The number of aryl methyl sites for hydroxylation is 2. The Hall–Kier alpha value is -5.44. The lowest BCUT2D eigenvalue weighted by atomic mass is 9.81. The molecular formula is C47H37NS. The van der Waals surface area contributed by atoms with Crippen LogP contribution in [0.3, 0.4) is 0 Å². The second kappa shape index (κ2) is 11.3. The lowest BCUT2D eigenvalue weighted by Crippen LogP contribution is -2.15. The van der Waals surface area contributed by atoms with Crippen LogP contribution in [0.2, 0.25) is 0 Å². The van der Waals surface area contributed by atoms with Gasteiger partial charge in [0.25, 0.3) is 0 Å². The van der Waals surface area contributed by atoms with Crippen molar-refractivity contribution in [3.63, 3.8) is 0 Å². The van der Waals surface area contributed by atoms with Gasteiger partial charge in [0.1, 0.15) is 0 Å². The third-order valence-electron chi connectivity index (χ3n) is 10.4. The van der Waals surface area contributed by atoms with Crippen molar-refractivity contribution in [2.24, 2.45) is 0 Å². The number of anilines is 3. The summed E-state index contributed by atoms with van der Waals surface area (Å²) >= 11 is 1.86. The molecule has 0 atom stereocenters. The molecule has 49 heavy (non-hydrogen) atoms. The molecule has 7 aromatic carbocycles. The van der Waals surface area contributed by atoms with E-state index in [0.717, 1.165) is 17.1 Å². The fraction of sp³-hybridized carbons (Fsp3) is 0.106. The van der Waals surface area contributed by atoms with Gasteiger partial charge >= 0.3 is 0 Å². The molecule has 2 heteroatoms. The summed E-state index contributed by atoms with van der Waals surface area (Å²) < 4.78 is 2.67. The maximum atomic E-state index is 2.42. The van der Waals surface area contributed by atoms with Gasteiger partial charge < -0.3 is 4.90 Å². The number of rotatable bonds is 5. The average Bonchev–Trinajstić information content (AvgIpc) is 3.60. The molecule has 0 aliphatic heterocycles. The molecule has 1 aromatic heterocycles. The zero-order chi connectivity index (χ0) is 33.3. The Morgan fingerprint density at radius 2 is 1.12 bits per heavy atom. The number of fused-ring (bicyclic) bond motifs is 6. The van der Waals surface area contributed by atoms with E-state index in [9.17, 15) is 0 Å². The number of para-hydroxylation sites is 1. The minimum atomic E-state index is -0.0126. The highest BCUT2D eigenvalue weighted by Crippen LogP contribution is 2.51. The zero-order valence-electron chi connectivity index (χ0n) is 28.3. The minimum absolute atomic E-state index is 0.0126. The van der Waals surface area contributed by atoms with E-state index in [0.29, 0.717) is 0 Å². The van der Waals surface area contributed by atoms with Crippen LogP contribution in [0.4, 0.5) is 17.1 Å². The number of hydrogen-bond acceptors (Lipinski definition) is 2. The normalized spacial score (nSPS) is 13.1. The van der Waals surface area contributed by atoms with Gasteiger partial charge in [-0.15, -0.1) is 11.3 Å². The first-order chi connectivity index (χ1) is 23.8. The summed E-state index contributed by atoms with van der Waals surface area (Å²) in [6, 6.07) is 56.1. The van der Waals surface area contributed by atoms with E-state index >= 15 is 0 Å². The summed E-state index contributed by atoms with van der Waals surface area (Å²) in [4.78, 5) is 2.36. The van der Waals surface area contributed by atoms with Gasteiger partial charge in [0.15, 0.2) is 0 Å². The highest BCUT2D eigenvalue weighted by molar-refractivity contribution is 7.25. The van der Waals surface area contributed by atoms with Crippen LogP contribution in [0.5, 0.6) is 0 Å². The smallest absolute Gasteiger partial charge is 0.0467 e. The van der Waals surface area contributed by atoms with Gasteiger partial charge in [0.2, 0.25) is 0 Å². The lowest BCUT2D eigenvalue weighted by Gasteiger charge is -2.26. The molecule has 0 saturated heterocycles. The molecule has 1 aliphatic rings. The van der Waals surface area contributed by atoms with Crippen molar-refractivity contribution < 1.29 is 0 Å². The topological polar surface area (TPSA) is 3.24 Å². The molecule has 0 radical (unpaired) electrons. The summed E-state index contributed by atoms with van der Waals surface area (Å²) in [5, 5.41) is 2.66. The summed E-state index contributed by atoms with van der Waals surface area (Å²) in [6.07, 6.45) is 0. The molecule has 0 amide bonds. The Balaban J connectivity index is 1.11. The molecule has 0 unspecified atom stereocenters. The van der Waals surface area contributed by atoms with E-state index in [1.807, 2.05) is 11.3 Å². The molecule has 0 spiro atoms. The van der Waals surface area contributed by atoms with Crippen LogP contribution >= 0.6 is 11.3 Å². The van der Waals surface area contributed by atoms with Gasteiger partial charge in [-0.1, -0.05) is 110 Å². The molecule has 0 fully saturated rings. The Morgan fingerprint density at radius 3 is 1.96 bits per heavy atom. The first kappa shape index (κ1) is 29.7. The predicted molar refractivity (Wildman–Crippen MR) is 212 cm³/mol. The zero-order valence-corrected chi connectivity index (χ0v) is 29.1. The van der Waals surface area contributed by atoms with Crippen LogP contribution in [0.25, 0.3) is 53.6 Å². The number of benzene rings is 7. The quantitative estimate of drug-likeness (QED) is 0.180. The summed E-state index contributed by atoms with van der Waals surface area (Å²) in [7, 11) is 0. The molecule has 236 valence electrons. The van der Waals surface area contributed by atoms with E-state index in [-0.39, 0.29) is 5.41 Å².